The van der Waals surface area contributed by atoms with Crippen LogP contribution in [0.5, 0.6) is 0 Å². The van der Waals surface area contributed by atoms with Crippen LogP contribution in [0.25, 0.3) is 10.9 Å². The Morgan fingerprint density at radius 3 is 2.90 bits per heavy atom. The van der Waals surface area contributed by atoms with Crippen molar-refractivity contribution in [2.75, 3.05) is 13.2 Å². The van der Waals surface area contributed by atoms with Crippen LogP contribution in [0.2, 0.25) is 0 Å². The Kier molecular flexibility index (Phi) is 3.69. The number of aromatic nitrogens is 1. The maximum Gasteiger partial charge on any atom is 0.237 e. The second kappa shape index (κ2) is 5.50. The molecule has 5 N–H and O–H groups in total. The number of rotatable bonds is 6. The fourth-order valence-electron chi connectivity index (χ4n) is 2.60. The number of nitrogens with two attached hydrogens (primary N) is 1. The first-order valence-electron chi connectivity index (χ1n) is 7.33. The van der Waals surface area contributed by atoms with E-state index in [1.807, 2.05) is 30.5 Å². The third-order valence-corrected chi connectivity index (χ3v) is 4.38. The van der Waals surface area contributed by atoms with Gasteiger partial charge in [-0.15, -0.1) is 0 Å². The van der Waals surface area contributed by atoms with Gasteiger partial charge < -0.3 is 21.1 Å². The van der Waals surface area contributed by atoms with Crippen molar-refractivity contribution in [2.24, 2.45) is 11.1 Å². The predicted molar refractivity (Wildman–Crippen MR) is 81.7 cm³/mol. The first-order valence-corrected chi connectivity index (χ1v) is 7.33. The van der Waals surface area contributed by atoms with E-state index in [1.165, 1.54) is 0 Å². The van der Waals surface area contributed by atoms with E-state index in [1.54, 1.807) is 0 Å². The van der Waals surface area contributed by atoms with E-state index in [9.17, 15) is 9.90 Å². The molecule has 2 aromatic rings. The summed E-state index contributed by atoms with van der Waals surface area (Å²) in [5, 5.41) is 13.2. The lowest BCUT2D eigenvalue weighted by atomic mass is 10.0. The van der Waals surface area contributed by atoms with Crippen LogP contribution >= 0.6 is 0 Å². The van der Waals surface area contributed by atoms with E-state index in [2.05, 4.69) is 10.3 Å². The van der Waals surface area contributed by atoms with Crippen molar-refractivity contribution < 1.29 is 9.90 Å². The summed E-state index contributed by atoms with van der Waals surface area (Å²) in [6.45, 7) is 0.648. The molecule has 1 aromatic heterocycles. The van der Waals surface area contributed by atoms with Crippen molar-refractivity contribution in [3.05, 3.63) is 36.0 Å². The minimum atomic E-state index is -0.571. The molecule has 0 unspecified atom stereocenters. The van der Waals surface area contributed by atoms with Crippen LogP contribution in [-0.4, -0.2) is 35.2 Å². The minimum absolute atomic E-state index is 0.0871. The Labute approximate surface area is 123 Å². The summed E-state index contributed by atoms with van der Waals surface area (Å²) in [7, 11) is 0. The highest BCUT2D eigenvalue weighted by Crippen LogP contribution is 2.44. The lowest BCUT2D eigenvalue weighted by Crippen LogP contribution is -2.44. The number of aliphatic hydroxyl groups is 1. The van der Waals surface area contributed by atoms with E-state index >= 15 is 0 Å². The van der Waals surface area contributed by atoms with Gasteiger partial charge in [-0.3, -0.25) is 4.79 Å². The minimum Gasteiger partial charge on any atom is -0.396 e. The number of benzene rings is 1. The molecule has 3 rings (SSSR count). The van der Waals surface area contributed by atoms with E-state index in [0.717, 1.165) is 29.3 Å². The number of para-hydroxylation sites is 1. The number of nitrogens with one attached hydrogen (secondary N) is 2. The van der Waals surface area contributed by atoms with Crippen molar-refractivity contribution in [2.45, 2.75) is 25.3 Å². The average molecular weight is 287 g/mol. The molecule has 1 saturated carbocycles. The van der Waals surface area contributed by atoms with Crippen LogP contribution in [0.3, 0.4) is 0 Å². The van der Waals surface area contributed by atoms with Gasteiger partial charge in [0.15, 0.2) is 0 Å². The maximum atomic E-state index is 12.1. The summed E-state index contributed by atoms with van der Waals surface area (Å²) < 4.78 is 0. The van der Waals surface area contributed by atoms with Crippen LogP contribution < -0.4 is 11.1 Å². The van der Waals surface area contributed by atoms with Gasteiger partial charge in [-0.1, -0.05) is 18.2 Å². The number of carbonyl (C=O) groups is 1. The number of fused-ring (bicyclic) bond motifs is 1. The van der Waals surface area contributed by atoms with E-state index in [4.69, 9.17) is 5.73 Å². The molecular weight excluding hydrogens is 266 g/mol. The van der Waals surface area contributed by atoms with Crippen LogP contribution in [0, 0.1) is 5.41 Å². The molecule has 1 aromatic carbocycles. The number of amides is 1. The number of H-pyrrole nitrogens is 1. The van der Waals surface area contributed by atoms with E-state index in [0.29, 0.717) is 13.0 Å². The molecule has 1 aliphatic carbocycles. The number of hydrogen-bond acceptors (Lipinski definition) is 3. The van der Waals surface area contributed by atoms with Crippen molar-refractivity contribution in [3.8, 4) is 0 Å². The summed E-state index contributed by atoms with van der Waals surface area (Å²) in [5.74, 6) is -0.153. The highest BCUT2D eigenvalue weighted by molar-refractivity contribution is 5.86. The van der Waals surface area contributed by atoms with Gasteiger partial charge in [-0.2, -0.15) is 0 Å². The number of hydrogen-bond donors (Lipinski definition) is 4. The molecule has 0 aliphatic heterocycles. The second-order valence-corrected chi connectivity index (χ2v) is 6.05. The molecule has 1 heterocycles. The van der Waals surface area contributed by atoms with Gasteiger partial charge in [0, 0.05) is 29.1 Å². The summed E-state index contributed by atoms with van der Waals surface area (Å²) in [4.78, 5) is 15.3. The van der Waals surface area contributed by atoms with Gasteiger partial charge in [0.1, 0.15) is 0 Å². The number of aromatic amines is 1. The standard InChI is InChI=1S/C16H21N3O2/c17-13(15(21)19-9-16(10-20)5-6-16)7-11-8-18-14-4-2-1-3-12(11)14/h1-4,8,13,18,20H,5-7,9-10,17H2,(H,19,21)/t13-/m1/s1. The fraction of sp³-hybridized carbons (Fsp3) is 0.438. The summed E-state index contributed by atoms with van der Waals surface area (Å²) in [6.07, 6.45) is 4.36. The van der Waals surface area contributed by atoms with Crippen molar-refractivity contribution in [3.63, 3.8) is 0 Å². The molecule has 1 amide bonds. The largest absolute Gasteiger partial charge is 0.396 e. The van der Waals surface area contributed by atoms with E-state index in [-0.39, 0.29) is 17.9 Å². The van der Waals surface area contributed by atoms with Crippen LogP contribution in [-0.2, 0) is 11.2 Å². The highest BCUT2D eigenvalue weighted by atomic mass is 16.3. The summed E-state index contributed by atoms with van der Waals surface area (Å²) in [5.41, 5.74) is 8.02. The van der Waals surface area contributed by atoms with Gasteiger partial charge in [0.25, 0.3) is 0 Å². The zero-order chi connectivity index (χ0) is 14.9. The Morgan fingerprint density at radius 1 is 1.43 bits per heavy atom. The molecule has 0 spiro atoms. The topological polar surface area (TPSA) is 91.1 Å². The number of carbonyl (C=O) groups excluding carboxylic acids is 1. The molecule has 0 saturated heterocycles. The molecule has 5 heteroatoms. The van der Waals surface area contributed by atoms with Crippen molar-refractivity contribution in [1.29, 1.82) is 0 Å². The highest BCUT2D eigenvalue weighted by Gasteiger charge is 2.42. The SMILES string of the molecule is N[C@H](Cc1c[nH]c2ccccc12)C(=O)NCC1(CO)CC1. The summed E-state index contributed by atoms with van der Waals surface area (Å²) in [6, 6.07) is 7.40. The second-order valence-electron chi connectivity index (χ2n) is 6.05. The first kappa shape index (κ1) is 14.1. The van der Waals surface area contributed by atoms with Crippen LogP contribution in [0.15, 0.2) is 30.5 Å². The predicted octanol–water partition coefficient (Wildman–Crippen LogP) is 0.926. The Bertz CT molecular complexity index is 646. The van der Waals surface area contributed by atoms with Gasteiger partial charge in [0.2, 0.25) is 5.91 Å². The molecule has 0 bridgehead atoms. The number of aliphatic hydroxyl groups excluding tert-OH is 1. The van der Waals surface area contributed by atoms with Gasteiger partial charge in [-0.05, 0) is 30.9 Å². The van der Waals surface area contributed by atoms with Crippen LogP contribution in [0.1, 0.15) is 18.4 Å². The quantitative estimate of drug-likeness (QED) is 0.637. The lowest BCUT2D eigenvalue weighted by molar-refractivity contribution is -0.122. The van der Waals surface area contributed by atoms with Crippen LogP contribution in [0.4, 0.5) is 0 Å². The average Bonchev–Trinajstić information content (AvgIpc) is 3.20. The van der Waals surface area contributed by atoms with Crippen molar-refractivity contribution in [1.82, 2.24) is 10.3 Å². The normalized spacial score (nSPS) is 17.6. The first-order chi connectivity index (χ1) is 10.1. The molecule has 1 atom stereocenters. The zero-order valence-corrected chi connectivity index (χ0v) is 11.9. The molecule has 1 fully saturated rings. The lowest BCUT2D eigenvalue weighted by Gasteiger charge is -2.16. The Hall–Kier alpha value is -1.85. The zero-order valence-electron chi connectivity index (χ0n) is 11.9. The molecule has 21 heavy (non-hydrogen) atoms. The molecule has 0 radical (unpaired) electrons. The van der Waals surface area contributed by atoms with Gasteiger partial charge in [0.05, 0.1) is 12.6 Å². The molecule has 5 nitrogen and oxygen atoms in total. The Balaban J connectivity index is 1.60. The molecule has 1 aliphatic rings. The van der Waals surface area contributed by atoms with Gasteiger partial charge in [-0.25, -0.2) is 0 Å². The summed E-state index contributed by atoms with van der Waals surface area (Å²) >= 11 is 0. The van der Waals surface area contributed by atoms with Crippen molar-refractivity contribution >= 4 is 16.8 Å². The smallest absolute Gasteiger partial charge is 0.237 e. The maximum absolute atomic E-state index is 12.1. The third-order valence-electron chi connectivity index (χ3n) is 4.38. The third kappa shape index (κ3) is 2.94. The molecular formula is C16H21N3O2. The fourth-order valence-corrected chi connectivity index (χ4v) is 2.60. The monoisotopic (exact) mass is 287 g/mol. The Morgan fingerprint density at radius 2 is 2.19 bits per heavy atom. The van der Waals surface area contributed by atoms with E-state index < -0.39 is 6.04 Å². The van der Waals surface area contributed by atoms with Gasteiger partial charge >= 0.3 is 0 Å². The molecule has 112 valence electrons.